The fourth-order valence-corrected chi connectivity index (χ4v) is 1.32. The second kappa shape index (κ2) is 3.66. The van der Waals surface area contributed by atoms with Gasteiger partial charge >= 0.3 is 5.97 Å². The van der Waals surface area contributed by atoms with E-state index in [2.05, 4.69) is 5.10 Å². The lowest BCUT2D eigenvalue weighted by molar-refractivity contribution is -0.136. The molecule has 0 atom stereocenters. The highest BCUT2D eigenvalue weighted by Gasteiger charge is 2.16. The molecule has 1 aromatic heterocycles. The van der Waals surface area contributed by atoms with Gasteiger partial charge in [-0.3, -0.25) is 4.79 Å². The van der Waals surface area contributed by atoms with E-state index in [1.165, 1.54) is 11.8 Å². The van der Waals surface area contributed by atoms with Crippen molar-refractivity contribution in [1.29, 1.82) is 0 Å². The molecule has 1 rings (SSSR count). The largest absolute Gasteiger partial charge is 0.481 e. The fraction of sp³-hybridized carbons (Fsp3) is 0.429. The molecule has 0 aliphatic rings. The summed E-state index contributed by atoms with van der Waals surface area (Å²) in [7, 11) is 3.09. The highest BCUT2D eigenvalue weighted by molar-refractivity contribution is 6.32. The van der Waals surface area contributed by atoms with Crippen LogP contribution in [0.1, 0.15) is 5.69 Å². The second-order valence-electron chi connectivity index (χ2n) is 2.46. The molecule has 0 radical (unpaired) electrons. The SMILES string of the molecule is COc1c(Cl)c(CC(=O)O)nn1C. The summed E-state index contributed by atoms with van der Waals surface area (Å²) >= 11 is 5.80. The molecule has 72 valence electrons. The van der Waals surface area contributed by atoms with Gasteiger partial charge in [-0.1, -0.05) is 11.6 Å². The summed E-state index contributed by atoms with van der Waals surface area (Å²) in [5.41, 5.74) is 0.313. The fourth-order valence-electron chi connectivity index (χ4n) is 1.01. The molecule has 13 heavy (non-hydrogen) atoms. The molecule has 1 N–H and O–H groups in total. The lowest BCUT2D eigenvalue weighted by Gasteiger charge is -1.97. The van der Waals surface area contributed by atoms with Gasteiger partial charge in [0, 0.05) is 7.05 Å². The summed E-state index contributed by atoms with van der Waals surface area (Å²) in [4.78, 5) is 10.4. The third-order valence-electron chi connectivity index (χ3n) is 1.52. The zero-order valence-corrected chi connectivity index (χ0v) is 8.00. The molecule has 0 aromatic carbocycles. The number of hydrogen-bond acceptors (Lipinski definition) is 3. The van der Waals surface area contributed by atoms with E-state index < -0.39 is 5.97 Å². The van der Waals surface area contributed by atoms with Crippen molar-refractivity contribution in [2.75, 3.05) is 7.11 Å². The normalized spacial score (nSPS) is 10.1. The number of aliphatic carboxylic acids is 1. The van der Waals surface area contributed by atoms with Gasteiger partial charge in [0.05, 0.1) is 19.2 Å². The molecule has 0 saturated heterocycles. The molecular formula is C7H9ClN2O3. The van der Waals surface area contributed by atoms with Crippen molar-refractivity contribution >= 4 is 17.6 Å². The molecular weight excluding hydrogens is 196 g/mol. The number of aromatic nitrogens is 2. The van der Waals surface area contributed by atoms with Crippen molar-refractivity contribution in [3.63, 3.8) is 0 Å². The molecule has 0 fully saturated rings. The number of carbonyl (C=O) groups is 1. The van der Waals surface area contributed by atoms with Crippen LogP contribution in [0.15, 0.2) is 0 Å². The lowest BCUT2D eigenvalue weighted by Crippen LogP contribution is -2.01. The summed E-state index contributed by atoms with van der Waals surface area (Å²) in [6.45, 7) is 0. The molecule has 0 aliphatic heterocycles. The third kappa shape index (κ3) is 1.92. The smallest absolute Gasteiger partial charge is 0.309 e. The monoisotopic (exact) mass is 204 g/mol. The zero-order valence-electron chi connectivity index (χ0n) is 7.24. The molecule has 0 bridgehead atoms. The number of nitrogens with zero attached hydrogens (tertiary/aromatic N) is 2. The molecule has 6 heteroatoms. The standard InChI is InChI=1S/C7H9ClN2O3/c1-10-7(13-2)6(8)4(9-10)3-5(11)12/h3H2,1-2H3,(H,11,12). The molecule has 0 amide bonds. The number of hydrogen-bond donors (Lipinski definition) is 1. The van der Waals surface area contributed by atoms with Gasteiger partial charge < -0.3 is 9.84 Å². The van der Waals surface area contributed by atoms with Crippen LogP contribution in [0, 0.1) is 0 Å². The van der Waals surface area contributed by atoms with Gasteiger partial charge in [-0.2, -0.15) is 5.10 Å². The molecule has 1 heterocycles. The average Bonchev–Trinajstić information content (AvgIpc) is 2.26. The Hall–Kier alpha value is -1.23. The van der Waals surface area contributed by atoms with Gasteiger partial charge in [-0.25, -0.2) is 4.68 Å². The van der Waals surface area contributed by atoms with E-state index in [9.17, 15) is 4.79 Å². The Bertz CT molecular complexity index is 335. The maximum absolute atomic E-state index is 10.4. The van der Waals surface area contributed by atoms with Crippen LogP contribution in [0.2, 0.25) is 5.02 Å². The van der Waals surface area contributed by atoms with E-state index in [0.717, 1.165) is 0 Å². The van der Waals surface area contributed by atoms with Crippen molar-refractivity contribution in [2.24, 2.45) is 7.05 Å². The topological polar surface area (TPSA) is 64.3 Å². The number of carboxylic acids is 1. The Morgan fingerprint density at radius 3 is 2.77 bits per heavy atom. The van der Waals surface area contributed by atoms with E-state index in [-0.39, 0.29) is 11.4 Å². The Morgan fingerprint density at radius 1 is 1.77 bits per heavy atom. The summed E-state index contributed by atoms with van der Waals surface area (Å²) in [5.74, 6) is -0.597. The van der Waals surface area contributed by atoms with Gasteiger partial charge in [0.15, 0.2) is 0 Å². The number of halogens is 1. The van der Waals surface area contributed by atoms with Crippen molar-refractivity contribution < 1.29 is 14.6 Å². The van der Waals surface area contributed by atoms with Crippen LogP contribution < -0.4 is 4.74 Å². The van der Waals surface area contributed by atoms with E-state index in [0.29, 0.717) is 11.6 Å². The second-order valence-corrected chi connectivity index (χ2v) is 2.84. The number of ether oxygens (including phenoxy) is 1. The summed E-state index contributed by atoms with van der Waals surface area (Å²) in [6.07, 6.45) is -0.198. The molecule has 0 unspecified atom stereocenters. The first-order chi connectivity index (χ1) is 6.06. The van der Waals surface area contributed by atoms with Crippen LogP contribution in [-0.2, 0) is 18.3 Å². The predicted molar refractivity (Wildman–Crippen MR) is 46.1 cm³/mol. The van der Waals surface area contributed by atoms with Crippen LogP contribution in [0.25, 0.3) is 0 Å². The van der Waals surface area contributed by atoms with Crippen LogP contribution in [0.4, 0.5) is 0 Å². The maximum atomic E-state index is 10.4. The minimum absolute atomic E-state index is 0.198. The van der Waals surface area contributed by atoms with Crippen molar-refractivity contribution in [2.45, 2.75) is 6.42 Å². The Morgan fingerprint density at radius 2 is 2.38 bits per heavy atom. The number of rotatable bonds is 3. The first-order valence-corrected chi connectivity index (χ1v) is 3.91. The maximum Gasteiger partial charge on any atom is 0.309 e. The highest BCUT2D eigenvalue weighted by atomic mass is 35.5. The number of aryl methyl sites for hydroxylation is 1. The zero-order chi connectivity index (χ0) is 10.0. The van der Waals surface area contributed by atoms with Crippen molar-refractivity contribution in [3.8, 4) is 5.88 Å². The van der Waals surface area contributed by atoms with Crippen molar-refractivity contribution in [1.82, 2.24) is 9.78 Å². The van der Waals surface area contributed by atoms with Crippen LogP contribution in [-0.4, -0.2) is 28.0 Å². The summed E-state index contributed by atoms with van der Waals surface area (Å²) in [5, 5.41) is 12.7. The van der Waals surface area contributed by atoms with E-state index in [1.54, 1.807) is 7.05 Å². The molecule has 0 saturated carbocycles. The third-order valence-corrected chi connectivity index (χ3v) is 1.90. The first-order valence-electron chi connectivity index (χ1n) is 3.53. The predicted octanol–water partition coefficient (Wildman–Crippen LogP) is 0.709. The van der Waals surface area contributed by atoms with Gasteiger partial charge in [0.1, 0.15) is 5.02 Å². The van der Waals surface area contributed by atoms with E-state index >= 15 is 0 Å². The Balaban J connectivity index is 3.03. The molecule has 1 aromatic rings. The average molecular weight is 205 g/mol. The van der Waals surface area contributed by atoms with Gasteiger partial charge in [0.2, 0.25) is 5.88 Å². The minimum atomic E-state index is -0.970. The van der Waals surface area contributed by atoms with Crippen LogP contribution in [0.3, 0.4) is 0 Å². The van der Waals surface area contributed by atoms with E-state index in [1.807, 2.05) is 0 Å². The Labute approximate surface area is 79.9 Å². The lowest BCUT2D eigenvalue weighted by atomic mass is 10.3. The first kappa shape index (κ1) is 9.85. The van der Waals surface area contributed by atoms with Crippen molar-refractivity contribution in [3.05, 3.63) is 10.7 Å². The molecule has 5 nitrogen and oxygen atoms in total. The van der Waals surface area contributed by atoms with Gasteiger partial charge in [-0.15, -0.1) is 0 Å². The van der Waals surface area contributed by atoms with Crippen LogP contribution >= 0.6 is 11.6 Å². The minimum Gasteiger partial charge on any atom is -0.481 e. The van der Waals surface area contributed by atoms with Crippen LogP contribution in [0.5, 0.6) is 5.88 Å². The Kier molecular flexibility index (Phi) is 2.77. The summed E-state index contributed by atoms with van der Waals surface area (Å²) in [6, 6.07) is 0. The van der Waals surface area contributed by atoms with E-state index in [4.69, 9.17) is 21.4 Å². The quantitative estimate of drug-likeness (QED) is 0.788. The highest BCUT2D eigenvalue weighted by Crippen LogP contribution is 2.27. The summed E-state index contributed by atoms with van der Waals surface area (Å²) < 4.78 is 6.32. The van der Waals surface area contributed by atoms with Gasteiger partial charge in [0.25, 0.3) is 0 Å². The number of carboxylic acid groups (broad SMARTS) is 1. The molecule has 0 spiro atoms. The number of methoxy groups -OCH3 is 1. The van der Waals surface area contributed by atoms with Gasteiger partial charge in [-0.05, 0) is 0 Å². The molecule has 0 aliphatic carbocycles.